The number of rotatable bonds is 5. The highest BCUT2D eigenvalue weighted by Gasteiger charge is 2.38. The molecule has 0 bridgehead atoms. The highest BCUT2D eigenvalue weighted by atomic mass is 16.1. The first kappa shape index (κ1) is 17.2. The molecule has 23 heavy (non-hydrogen) atoms. The number of likely N-dealkylation sites (N-methyl/N-ethyl adjacent to an activating group) is 1. The summed E-state index contributed by atoms with van der Waals surface area (Å²) in [7, 11) is 3.92. The summed E-state index contributed by atoms with van der Waals surface area (Å²) >= 11 is 0. The molecule has 5 nitrogen and oxygen atoms in total. The average molecular weight is 312 g/mol. The van der Waals surface area contributed by atoms with Gasteiger partial charge in [-0.3, -0.25) is 9.78 Å². The van der Waals surface area contributed by atoms with Crippen LogP contribution in [0.4, 0.5) is 0 Å². The van der Waals surface area contributed by atoms with E-state index in [4.69, 9.17) is 0 Å². The summed E-state index contributed by atoms with van der Waals surface area (Å²) in [6.45, 7) is 0.745. The Bertz CT molecular complexity index is 581. The van der Waals surface area contributed by atoms with Crippen LogP contribution < -0.4 is 5.32 Å². The van der Waals surface area contributed by atoms with Gasteiger partial charge in [-0.15, -0.1) is 0 Å². The number of nitriles is 1. The van der Waals surface area contributed by atoms with Crippen molar-refractivity contribution in [3.05, 3.63) is 42.2 Å². The normalized spacial score (nSPS) is 24.5. The first-order chi connectivity index (χ1) is 11.1. The third kappa shape index (κ3) is 4.64. The Kier molecular flexibility index (Phi) is 5.89. The van der Waals surface area contributed by atoms with Gasteiger partial charge in [0.2, 0.25) is 5.91 Å². The number of aromatic nitrogens is 1. The monoisotopic (exact) mass is 312 g/mol. The number of hydrogen-bond acceptors (Lipinski definition) is 4. The third-order valence-corrected chi connectivity index (χ3v) is 4.29. The molecule has 1 amide bonds. The third-order valence-electron chi connectivity index (χ3n) is 4.29. The summed E-state index contributed by atoms with van der Waals surface area (Å²) < 4.78 is 0. The molecule has 1 fully saturated rings. The Morgan fingerprint density at radius 2 is 2.22 bits per heavy atom. The zero-order valence-corrected chi connectivity index (χ0v) is 13.8. The van der Waals surface area contributed by atoms with E-state index in [9.17, 15) is 10.1 Å². The van der Waals surface area contributed by atoms with Gasteiger partial charge in [0.1, 0.15) is 0 Å². The van der Waals surface area contributed by atoms with E-state index in [1.165, 1.54) is 0 Å². The molecule has 1 heterocycles. The molecule has 1 aromatic rings. The van der Waals surface area contributed by atoms with Gasteiger partial charge in [-0.05, 0) is 51.9 Å². The fraction of sp³-hybridized carbons (Fsp3) is 0.500. The lowest BCUT2D eigenvalue weighted by atomic mass is 9.71. The van der Waals surface area contributed by atoms with Crippen LogP contribution in [0.1, 0.15) is 31.4 Å². The molecular formula is C18H24N4O. The number of amides is 1. The summed E-state index contributed by atoms with van der Waals surface area (Å²) in [5.74, 6) is -0.0563. The number of carbonyl (C=O) groups excluding carboxylic acids is 1. The predicted molar refractivity (Wildman–Crippen MR) is 89.6 cm³/mol. The maximum Gasteiger partial charge on any atom is 0.243 e. The van der Waals surface area contributed by atoms with Crippen LogP contribution in [0.3, 0.4) is 0 Å². The molecule has 0 saturated heterocycles. The Balaban J connectivity index is 1.89. The molecule has 1 aliphatic rings. The highest BCUT2D eigenvalue weighted by molar-refractivity contribution is 5.87. The molecule has 1 N–H and O–H groups in total. The van der Waals surface area contributed by atoms with Gasteiger partial charge in [-0.1, -0.05) is 12.1 Å². The van der Waals surface area contributed by atoms with E-state index in [0.29, 0.717) is 0 Å². The van der Waals surface area contributed by atoms with Crippen LogP contribution in [0, 0.1) is 11.3 Å². The molecule has 122 valence electrons. The van der Waals surface area contributed by atoms with Gasteiger partial charge >= 0.3 is 0 Å². The molecule has 0 unspecified atom stereocenters. The van der Waals surface area contributed by atoms with E-state index < -0.39 is 5.41 Å². The van der Waals surface area contributed by atoms with Crippen molar-refractivity contribution in [2.45, 2.75) is 37.1 Å². The van der Waals surface area contributed by atoms with Gasteiger partial charge < -0.3 is 10.2 Å². The SMILES string of the molecule is CN(C)C/C=C/C(=O)NC1CCC(C#N)(c2ccccn2)CC1. The minimum absolute atomic E-state index is 0.0563. The van der Waals surface area contributed by atoms with Crippen LogP contribution in [0.5, 0.6) is 0 Å². The van der Waals surface area contributed by atoms with E-state index in [1.54, 1.807) is 12.3 Å². The number of nitrogens with zero attached hydrogens (tertiary/aromatic N) is 3. The highest BCUT2D eigenvalue weighted by Crippen LogP contribution is 2.37. The van der Waals surface area contributed by atoms with Gasteiger partial charge in [-0.25, -0.2) is 0 Å². The van der Waals surface area contributed by atoms with Crippen molar-refractivity contribution in [3.8, 4) is 6.07 Å². The number of carbonyl (C=O) groups is 1. The minimum Gasteiger partial charge on any atom is -0.350 e. The first-order valence-corrected chi connectivity index (χ1v) is 8.00. The second-order valence-electron chi connectivity index (χ2n) is 6.36. The number of pyridine rings is 1. The molecule has 1 aliphatic carbocycles. The summed E-state index contributed by atoms with van der Waals surface area (Å²) in [5.41, 5.74) is 0.335. The van der Waals surface area contributed by atoms with Crippen LogP contribution in [0.25, 0.3) is 0 Å². The van der Waals surface area contributed by atoms with Crippen molar-refractivity contribution in [3.63, 3.8) is 0 Å². The molecule has 2 rings (SSSR count). The molecule has 0 aliphatic heterocycles. The molecule has 0 atom stereocenters. The number of nitrogens with one attached hydrogen (secondary N) is 1. The van der Waals surface area contributed by atoms with E-state index in [0.717, 1.165) is 37.9 Å². The summed E-state index contributed by atoms with van der Waals surface area (Å²) in [6, 6.07) is 8.30. The topological polar surface area (TPSA) is 69.0 Å². The van der Waals surface area contributed by atoms with Crippen LogP contribution in [-0.2, 0) is 10.2 Å². The van der Waals surface area contributed by atoms with Crippen molar-refractivity contribution >= 4 is 5.91 Å². The second kappa shape index (κ2) is 7.89. The molecule has 1 saturated carbocycles. The van der Waals surface area contributed by atoms with Gasteiger partial charge in [0.05, 0.1) is 17.2 Å². The van der Waals surface area contributed by atoms with E-state index >= 15 is 0 Å². The smallest absolute Gasteiger partial charge is 0.243 e. The lowest BCUT2D eigenvalue weighted by molar-refractivity contribution is -0.117. The van der Waals surface area contributed by atoms with Gasteiger partial charge in [0.25, 0.3) is 0 Å². The van der Waals surface area contributed by atoms with Crippen molar-refractivity contribution in [2.75, 3.05) is 20.6 Å². The van der Waals surface area contributed by atoms with Crippen molar-refractivity contribution in [1.29, 1.82) is 5.26 Å². The Labute approximate surface area is 138 Å². The van der Waals surface area contributed by atoms with Crippen molar-refractivity contribution in [1.82, 2.24) is 15.2 Å². The maximum absolute atomic E-state index is 11.9. The van der Waals surface area contributed by atoms with Crippen molar-refractivity contribution < 1.29 is 4.79 Å². The van der Waals surface area contributed by atoms with Gasteiger partial charge in [0, 0.05) is 24.9 Å². The van der Waals surface area contributed by atoms with E-state index in [-0.39, 0.29) is 11.9 Å². The Morgan fingerprint density at radius 1 is 1.48 bits per heavy atom. The minimum atomic E-state index is -0.511. The standard InChI is InChI=1S/C18H24N4O/c1-22(2)13-5-7-17(23)21-15-8-10-18(14-19,11-9-15)16-6-3-4-12-20-16/h3-7,12,15H,8-11,13H2,1-2H3,(H,21,23)/b7-5+. The largest absolute Gasteiger partial charge is 0.350 e. The van der Waals surface area contributed by atoms with Crippen LogP contribution in [0.15, 0.2) is 36.5 Å². The lowest BCUT2D eigenvalue weighted by Crippen LogP contribution is -2.41. The maximum atomic E-state index is 11.9. The van der Waals surface area contributed by atoms with Crippen molar-refractivity contribution in [2.24, 2.45) is 0 Å². The molecule has 0 spiro atoms. The quantitative estimate of drug-likeness (QED) is 0.845. The molecule has 0 aromatic carbocycles. The molecular weight excluding hydrogens is 288 g/mol. The zero-order valence-electron chi connectivity index (χ0n) is 13.8. The van der Waals surface area contributed by atoms with E-state index in [1.807, 2.05) is 43.3 Å². The predicted octanol–water partition coefficient (Wildman–Crippen LogP) is 2.02. The second-order valence-corrected chi connectivity index (χ2v) is 6.36. The average Bonchev–Trinajstić information content (AvgIpc) is 2.56. The van der Waals surface area contributed by atoms with E-state index in [2.05, 4.69) is 16.4 Å². The fourth-order valence-electron chi connectivity index (χ4n) is 2.95. The zero-order chi connectivity index (χ0) is 16.7. The number of hydrogen-bond donors (Lipinski definition) is 1. The van der Waals surface area contributed by atoms with Crippen LogP contribution in [0.2, 0.25) is 0 Å². The van der Waals surface area contributed by atoms with Gasteiger partial charge in [-0.2, -0.15) is 5.26 Å². The van der Waals surface area contributed by atoms with Gasteiger partial charge in [0.15, 0.2) is 0 Å². The lowest BCUT2D eigenvalue weighted by Gasteiger charge is -2.34. The first-order valence-electron chi connectivity index (χ1n) is 8.00. The molecule has 1 aromatic heterocycles. The molecule has 5 heteroatoms. The summed E-state index contributed by atoms with van der Waals surface area (Å²) in [6.07, 6.45) is 8.24. The van der Waals surface area contributed by atoms with Crippen LogP contribution in [-0.4, -0.2) is 42.5 Å². The fourth-order valence-corrected chi connectivity index (χ4v) is 2.95. The van der Waals surface area contributed by atoms with Crippen LogP contribution >= 0.6 is 0 Å². The summed E-state index contributed by atoms with van der Waals surface area (Å²) in [4.78, 5) is 18.3. The summed E-state index contributed by atoms with van der Waals surface area (Å²) in [5, 5.41) is 12.7. The Morgan fingerprint density at radius 3 is 2.78 bits per heavy atom. The molecule has 0 radical (unpaired) electrons. The Hall–Kier alpha value is -2.19.